The van der Waals surface area contributed by atoms with Crippen molar-refractivity contribution in [3.63, 3.8) is 0 Å². The second-order valence-electron chi connectivity index (χ2n) is 4.87. The molecule has 2 heterocycles. The zero-order chi connectivity index (χ0) is 16.4. The Morgan fingerprint density at radius 2 is 1.78 bits per heavy atom. The number of aromatic nitrogens is 3. The zero-order valence-corrected chi connectivity index (χ0v) is 12.1. The van der Waals surface area contributed by atoms with Crippen molar-refractivity contribution in [2.24, 2.45) is 0 Å². The standard InChI is InChI=1S/C16H12N4O3/c1-9-2-3-10-8-11(4-5-12(10)19-9)20-15(21)13-14(16(22)23)18-7-6-17-13/h2-8H,1H3,(H,20,21)(H,22,23). The fourth-order valence-corrected chi connectivity index (χ4v) is 2.16. The van der Waals surface area contributed by atoms with Crippen molar-refractivity contribution in [2.75, 3.05) is 5.32 Å². The number of nitrogens with zero attached hydrogens (tertiary/aromatic N) is 3. The maximum Gasteiger partial charge on any atom is 0.356 e. The molecule has 0 fully saturated rings. The van der Waals surface area contributed by atoms with Gasteiger partial charge in [-0.25, -0.2) is 14.8 Å². The summed E-state index contributed by atoms with van der Waals surface area (Å²) in [5.74, 6) is -1.93. The molecule has 7 nitrogen and oxygen atoms in total. The molecule has 0 aliphatic heterocycles. The molecule has 7 heteroatoms. The number of rotatable bonds is 3. The largest absolute Gasteiger partial charge is 0.476 e. The molecule has 23 heavy (non-hydrogen) atoms. The third-order valence-electron chi connectivity index (χ3n) is 3.20. The van der Waals surface area contributed by atoms with Crippen LogP contribution in [0.3, 0.4) is 0 Å². The molecule has 3 rings (SSSR count). The van der Waals surface area contributed by atoms with E-state index in [2.05, 4.69) is 20.3 Å². The lowest BCUT2D eigenvalue weighted by molar-refractivity contribution is 0.0685. The summed E-state index contributed by atoms with van der Waals surface area (Å²) in [4.78, 5) is 35.2. The van der Waals surface area contributed by atoms with Gasteiger partial charge in [0, 0.05) is 29.2 Å². The summed E-state index contributed by atoms with van der Waals surface area (Å²) in [6, 6.07) is 9.02. The van der Waals surface area contributed by atoms with E-state index in [4.69, 9.17) is 5.11 Å². The van der Waals surface area contributed by atoms with Crippen molar-refractivity contribution in [3.8, 4) is 0 Å². The first-order valence-corrected chi connectivity index (χ1v) is 6.77. The fourth-order valence-electron chi connectivity index (χ4n) is 2.16. The highest BCUT2D eigenvalue weighted by Crippen LogP contribution is 2.18. The van der Waals surface area contributed by atoms with Crippen LogP contribution in [0.4, 0.5) is 5.69 Å². The van der Waals surface area contributed by atoms with Gasteiger partial charge in [-0.1, -0.05) is 6.07 Å². The van der Waals surface area contributed by atoms with Gasteiger partial charge in [0.2, 0.25) is 0 Å². The number of carboxylic acids is 1. The van der Waals surface area contributed by atoms with E-state index in [-0.39, 0.29) is 11.4 Å². The highest BCUT2D eigenvalue weighted by Gasteiger charge is 2.19. The molecule has 0 bridgehead atoms. The maximum atomic E-state index is 12.2. The zero-order valence-electron chi connectivity index (χ0n) is 12.1. The summed E-state index contributed by atoms with van der Waals surface area (Å²) in [5, 5.41) is 12.6. The molecular formula is C16H12N4O3. The number of carbonyl (C=O) groups excluding carboxylic acids is 1. The van der Waals surface area contributed by atoms with Gasteiger partial charge in [0.1, 0.15) is 0 Å². The predicted octanol–water partition coefficient (Wildman–Crippen LogP) is 2.28. The van der Waals surface area contributed by atoms with Gasteiger partial charge in [0.05, 0.1) is 5.52 Å². The molecule has 0 radical (unpaired) electrons. The van der Waals surface area contributed by atoms with Gasteiger partial charge in [-0.15, -0.1) is 0 Å². The van der Waals surface area contributed by atoms with Crippen LogP contribution >= 0.6 is 0 Å². The Labute approximate surface area is 131 Å². The minimum Gasteiger partial charge on any atom is -0.476 e. The van der Waals surface area contributed by atoms with Crippen LogP contribution in [0.25, 0.3) is 10.9 Å². The molecule has 0 unspecified atom stereocenters. The first-order valence-electron chi connectivity index (χ1n) is 6.77. The molecule has 114 valence electrons. The van der Waals surface area contributed by atoms with E-state index < -0.39 is 11.9 Å². The first-order chi connectivity index (χ1) is 11.0. The van der Waals surface area contributed by atoms with Gasteiger partial charge in [-0.3, -0.25) is 9.78 Å². The lowest BCUT2D eigenvalue weighted by Gasteiger charge is -2.07. The number of amides is 1. The van der Waals surface area contributed by atoms with E-state index in [1.54, 1.807) is 18.2 Å². The van der Waals surface area contributed by atoms with Gasteiger partial charge in [0.15, 0.2) is 11.4 Å². The quantitative estimate of drug-likeness (QED) is 0.769. The van der Waals surface area contributed by atoms with Gasteiger partial charge in [0.25, 0.3) is 5.91 Å². The van der Waals surface area contributed by atoms with E-state index in [0.717, 1.165) is 16.6 Å². The molecule has 0 atom stereocenters. The van der Waals surface area contributed by atoms with Crippen LogP contribution in [0.2, 0.25) is 0 Å². The lowest BCUT2D eigenvalue weighted by Crippen LogP contribution is -2.19. The number of fused-ring (bicyclic) bond motifs is 1. The Balaban J connectivity index is 1.91. The van der Waals surface area contributed by atoms with Crippen LogP contribution in [0.5, 0.6) is 0 Å². The molecule has 0 saturated heterocycles. The van der Waals surface area contributed by atoms with Crippen LogP contribution in [-0.2, 0) is 0 Å². The number of benzene rings is 1. The molecule has 0 aliphatic rings. The van der Waals surface area contributed by atoms with Gasteiger partial charge < -0.3 is 10.4 Å². The summed E-state index contributed by atoms with van der Waals surface area (Å²) in [6.45, 7) is 1.90. The maximum absolute atomic E-state index is 12.2. The van der Waals surface area contributed by atoms with Crippen molar-refractivity contribution >= 4 is 28.5 Å². The smallest absolute Gasteiger partial charge is 0.356 e. The van der Waals surface area contributed by atoms with E-state index in [0.29, 0.717) is 5.69 Å². The minimum absolute atomic E-state index is 0.234. The first kappa shape index (κ1) is 14.6. The number of aromatic carboxylic acids is 1. The molecule has 2 aromatic heterocycles. The number of aryl methyl sites for hydroxylation is 1. The summed E-state index contributed by atoms with van der Waals surface area (Å²) in [7, 11) is 0. The Morgan fingerprint density at radius 3 is 2.52 bits per heavy atom. The van der Waals surface area contributed by atoms with Crippen molar-refractivity contribution < 1.29 is 14.7 Å². The van der Waals surface area contributed by atoms with Gasteiger partial charge in [-0.05, 0) is 31.2 Å². The molecule has 2 N–H and O–H groups in total. The average Bonchev–Trinajstić information content (AvgIpc) is 2.55. The Bertz CT molecular complexity index is 924. The Morgan fingerprint density at radius 1 is 1.04 bits per heavy atom. The van der Waals surface area contributed by atoms with E-state index >= 15 is 0 Å². The minimum atomic E-state index is -1.30. The number of carboxylic acid groups (broad SMARTS) is 1. The van der Waals surface area contributed by atoms with E-state index in [1.807, 2.05) is 19.1 Å². The molecule has 1 aromatic carbocycles. The van der Waals surface area contributed by atoms with Crippen LogP contribution in [-0.4, -0.2) is 31.9 Å². The highest BCUT2D eigenvalue weighted by atomic mass is 16.4. The SMILES string of the molecule is Cc1ccc2cc(NC(=O)c3nccnc3C(=O)O)ccc2n1. The normalized spacial score (nSPS) is 10.5. The molecule has 1 amide bonds. The Kier molecular flexibility index (Phi) is 3.68. The number of pyridine rings is 1. The summed E-state index contributed by atoms with van der Waals surface area (Å²) < 4.78 is 0. The molecule has 0 aliphatic carbocycles. The monoisotopic (exact) mass is 308 g/mol. The number of nitrogens with one attached hydrogen (secondary N) is 1. The van der Waals surface area contributed by atoms with Gasteiger partial charge in [-0.2, -0.15) is 0 Å². The summed E-state index contributed by atoms with van der Waals surface area (Å²) in [6.07, 6.45) is 2.50. The second kappa shape index (κ2) is 5.80. The summed E-state index contributed by atoms with van der Waals surface area (Å²) in [5.41, 5.74) is 1.62. The average molecular weight is 308 g/mol. The van der Waals surface area contributed by atoms with Crippen LogP contribution in [0.1, 0.15) is 26.7 Å². The molecule has 3 aromatic rings. The van der Waals surface area contributed by atoms with Crippen molar-refractivity contribution in [2.45, 2.75) is 6.92 Å². The second-order valence-corrected chi connectivity index (χ2v) is 4.87. The third-order valence-corrected chi connectivity index (χ3v) is 3.20. The number of anilines is 1. The van der Waals surface area contributed by atoms with Crippen molar-refractivity contribution in [3.05, 3.63) is 59.8 Å². The van der Waals surface area contributed by atoms with Crippen molar-refractivity contribution in [1.82, 2.24) is 15.0 Å². The Hall–Kier alpha value is -3.35. The number of carbonyl (C=O) groups is 2. The van der Waals surface area contributed by atoms with Gasteiger partial charge >= 0.3 is 5.97 Å². The van der Waals surface area contributed by atoms with E-state index in [1.165, 1.54) is 12.4 Å². The lowest BCUT2D eigenvalue weighted by atomic mass is 10.2. The predicted molar refractivity (Wildman–Crippen MR) is 83.4 cm³/mol. The molecule has 0 spiro atoms. The number of hydrogen-bond donors (Lipinski definition) is 2. The highest BCUT2D eigenvalue weighted by molar-refractivity contribution is 6.08. The molecule has 0 saturated carbocycles. The topological polar surface area (TPSA) is 105 Å². The summed E-state index contributed by atoms with van der Waals surface area (Å²) >= 11 is 0. The molecular weight excluding hydrogens is 296 g/mol. The number of hydrogen-bond acceptors (Lipinski definition) is 5. The van der Waals surface area contributed by atoms with Crippen molar-refractivity contribution in [1.29, 1.82) is 0 Å². The third kappa shape index (κ3) is 2.98. The van der Waals surface area contributed by atoms with Crippen LogP contribution in [0.15, 0.2) is 42.7 Å². The fraction of sp³-hybridized carbons (Fsp3) is 0.0625. The van der Waals surface area contributed by atoms with Crippen LogP contribution < -0.4 is 5.32 Å². The van der Waals surface area contributed by atoms with Crippen LogP contribution in [0, 0.1) is 6.92 Å². The van der Waals surface area contributed by atoms with E-state index in [9.17, 15) is 9.59 Å².